The number of nitrogens with one attached hydrogen (secondary N) is 8. The van der Waals surface area contributed by atoms with E-state index in [0.29, 0.717) is 73.8 Å². The van der Waals surface area contributed by atoms with Crippen LogP contribution in [0.15, 0.2) is 109 Å². The molecule has 0 bridgehead atoms. The van der Waals surface area contributed by atoms with Gasteiger partial charge in [-0.15, -0.1) is 0 Å². The number of aryl methyl sites for hydroxylation is 2. The van der Waals surface area contributed by atoms with E-state index >= 15 is 0 Å². The monoisotopic (exact) mass is 1600 g/mol. The summed E-state index contributed by atoms with van der Waals surface area (Å²) < 4.78 is 27.9. The number of nitrogen functional groups attached to an aromatic ring is 1. The lowest BCUT2D eigenvalue weighted by Gasteiger charge is -2.56. The maximum absolute atomic E-state index is 14.9. The fourth-order valence-corrected chi connectivity index (χ4v) is 17.6. The number of amides is 11. The van der Waals surface area contributed by atoms with Gasteiger partial charge in [0, 0.05) is 67.0 Å². The first kappa shape index (κ1) is 87.7. The number of hydrogen-bond donors (Lipinski definition) is 11. The van der Waals surface area contributed by atoms with E-state index in [1.54, 1.807) is 49.1 Å². The Morgan fingerprint density at radius 1 is 0.552 bits per heavy atom. The highest BCUT2D eigenvalue weighted by molar-refractivity contribution is 6.02. The molecule has 2 saturated carbocycles. The first-order chi connectivity index (χ1) is 55.6. The molecular weight excluding hydrogens is 1480 g/mol. The van der Waals surface area contributed by atoms with E-state index in [1.807, 2.05) is 80.6 Å². The number of nitrogens with zero attached hydrogens (tertiary/aromatic N) is 1. The molecule has 9 atom stereocenters. The number of carbonyl (C=O) groups excluding carboxylic acids is 10. The minimum Gasteiger partial charge on any atom is -0.481 e. The van der Waals surface area contributed by atoms with Crippen LogP contribution in [0.4, 0.5) is 32.3 Å². The number of hydrogen-bond acceptors (Lipinski definition) is 17. The van der Waals surface area contributed by atoms with Gasteiger partial charge in [-0.1, -0.05) is 121 Å². The fraction of sp³-hybridized carbons (Fsp3) is 0.511. The Balaban J connectivity index is 0.617. The van der Waals surface area contributed by atoms with Crippen molar-refractivity contribution in [3.8, 4) is 11.8 Å². The van der Waals surface area contributed by atoms with Crippen LogP contribution in [0.3, 0.4) is 0 Å². The Morgan fingerprint density at radius 2 is 1.11 bits per heavy atom. The number of imide groups is 1. The predicted molar refractivity (Wildman–Crippen MR) is 436 cm³/mol. The summed E-state index contributed by atoms with van der Waals surface area (Å²) in [5.74, 6) is 1.36. The summed E-state index contributed by atoms with van der Waals surface area (Å²) in [6.45, 7) is 14.2. The zero-order valence-corrected chi connectivity index (χ0v) is 67.4. The SMILES string of the molecule is CC(C)[C@H](NC(=O)CCOCCOCCOCCOCCNC(=O)CCC(=O)N1Cc2ccccc2C#Cc2ccccc21)C(=O)N[C@@H](CCCNC(N)=O)C(=O)Nc1ccc(COC(=O)N[C@@H](CCC(=O)O)C(=O)Nc2ccc3c(c2)[C@@]2(C)CCC[C@](C)(C(=O)NC(=O)[C@@]4(C)CCC[C@]5(C)c6cc(N)ccc6CC[C@@H]45)[C@@H]2CC3)cc1. The number of rotatable bonds is 38. The van der Waals surface area contributed by atoms with Crippen molar-refractivity contribution >= 4 is 88.1 Å². The number of aliphatic carboxylic acids is 1. The van der Waals surface area contributed by atoms with Gasteiger partial charge in [0.15, 0.2) is 0 Å². The number of para-hydroxylation sites is 1. The van der Waals surface area contributed by atoms with Gasteiger partial charge < -0.3 is 82.4 Å². The van der Waals surface area contributed by atoms with Gasteiger partial charge in [0.2, 0.25) is 47.3 Å². The molecule has 13 N–H and O–H groups in total. The van der Waals surface area contributed by atoms with E-state index in [2.05, 4.69) is 80.4 Å². The first-order valence-electron chi connectivity index (χ1n) is 40.5. The van der Waals surface area contributed by atoms with E-state index in [-0.39, 0.29) is 139 Å². The van der Waals surface area contributed by atoms with Gasteiger partial charge in [-0.3, -0.25) is 48.5 Å². The van der Waals surface area contributed by atoms with E-state index in [9.17, 15) is 57.8 Å². The van der Waals surface area contributed by atoms with Crippen LogP contribution in [0.25, 0.3) is 0 Å². The molecule has 1 heterocycles. The minimum absolute atomic E-state index is 0.0204. The topological polar surface area (TPSA) is 406 Å². The van der Waals surface area contributed by atoms with Crippen LogP contribution in [0.1, 0.15) is 182 Å². The molecule has 0 saturated heterocycles. The first-order valence-corrected chi connectivity index (χ1v) is 40.5. The molecule has 0 spiro atoms. The summed E-state index contributed by atoms with van der Waals surface area (Å²) in [7, 11) is 0. The quantitative estimate of drug-likeness (QED) is 0.00759. The second-order valence-corrected chi connectivity index (χ2v) is 32.2. The Labute approximate surface area is 678 Å². The maximum Gasteiger partial charge on any atom is 0.408 e. The molecular formula is C88H113N11O17. The van der Waals surface area contributed by atoms with Crippen LogP contribution in [-0.2, 0) is 104 Å². The van der Waals surface area contributed by atoms with Gasteiger partial charge >= 0.3 is 18.1 Å². The highest BCUT2D eigenvalue weighted by Crippen LogP contribution is 2.60. The molecule has 11 amide bonds. The average molecular weight is 1600 g/mol. The number of benzene rings is 5. The van der Waals surface area contributed by atoms with Crippen molar-refractivity contribution < 1.29 is 81.5 Å². The van der Waals surface area contributed by atoms with Gasteiger partial charge in [-0.2, -0.15) is 0 Å². The molecule has 0 radical (unpaired) electrons. The Hall–Kier alpha value is -10.7. The van der Waals surface area contributed by atoms with E-state index in [1.165, 1.54) is 11.1 Å². The summed E-state index contributed by atoms with van der Waals surface area (Å²) in [5.41, 5.74) is 18.8. The number of anilines is 4. The van der Waals surface area contributed by atoms with Crippen molar-refractivity contribution in [3.05, 3.63) is 154 Å². The molecule has 0 aromatic heterocycles. The third kappa shape index (κ3) is 22.7. The number of fused-ring (bicyclic) bond motifs is 8. The second kappa shape index (κ2) is 40.7. The van der Waals surface area contributed by atoms with Crippen molar-refractivity contribution in [1.82, 2.24) is 31.9 Å². The lowest BCUT2D eigenvalue weighted by atomic mass is 9.49. The molecule has 28 heteroatoms. The standard InChI is InChI=1S/C88H113N11O17/c1-56(2)77(97-74(101)37-44-112-46-48-114-50-51-115-49-47-113-45-43-91-73(100)34-35-75(102)99-54-62-16-8-7-14-58(62)21-22-61-15-9-10-18-70(61)99)80(107)95-68(17-11-42-92-83(90)110)78(105)93-64-28-19-57(20-29-64)55-116-84(111)96-69(31-36-76(103)104)79(106)94-65-30-24-60-26-33-72-86(4,67(60)53-65)39-13-41-88(72,6)82(109)98-81(108)87(5)40-12-38-85(3)66-52-63(89)27-23-59(66)25-32-71(85)87/h7-10,14-16,18-20,23-24,27-30,52-53,56,68-69,71-72,77H,11-13,17,25-26,31-51,54-55,89H2,1-6H3,(H,91,100)(H,93,105)(H,94,106)(H,95,107)(H,96,111)(H,97,101)(H,103,104)(H3,90,92,110)(H,98,108,109)/t68-,69-,71+,72+,77-,85+,86+,87-,88-/m0/s1. The summed E-state index contributed by atoms with van der Waals surface area (Å²) in [6.07, 6.45) is 6.16. The van der Waals surface area contributed by atoms with Gasteiger partial charge in [-0.25, -0.2) is 9.59 Å². The normalized spacial score (nSPS) is 20.9. The van der Waals surface area contributed by atoms with E-state index in [4.69, 9.17) is 35.2 Å². The van der Waals surface area contributed by atoms with Crippen molar-refractivity contribution in [1.29, 1.82) is 0 Å². The van der Waals surface area contributed by atoms with Crippen molar-refractivity contribution in [2.45, 2.75) is 193 Å². The number of carboxylic acid groups (broad SMARTS) is 1. The lowest BCUT2D eigenvalue weighted by Crippen LogP contribution is -2.60. The maximum atomic E-state index is 14.9. The highest BCUT2D eigenvalue weighted by atomic mass is 16.6. The Bertz CT molecular complexity index is 4450. The van der Waals surface area contributed by atoms with Gasteiger partial charge in [0.1, 0.15) is 24.7 Å². The fourth-order valence-electron chi connectivity index (χ4n) is 17.6. The third-order valence-electron chi connectivity index (χ3n) is 23.9. The number of nitrogens with two attached hydrogens (primary N) is 2. The van der Waals surface area contributed by atoms with Crippen LogP contribution >= 0.6 is 0 Å². The predicted octanol–water partition coefficient (Wildman–Crippen LogP) is 9.04. The second-order valence-electron chi connectivity index (χ2n) is 32.2. The van der Waals surface area contributed by atoms with Crippen molar-refractivity contribution in [3.63, 3.8) is 0 Å². The van der Waals surface area contributed by atoms with Crippen LogP contribution in [-0.4, -0.2) is 155 Å². The van der Waals surface area contributed by atoms with E-state index in [0.717, 1.165) is 66.3 Å². The molecule has 5 aromatic rings. The van der Waals surface area contributed by atoms with Crippen molar-refractivity contribution in [2.75, 3.05) is 87.2 Å². The molecule has 622 valence electrons. The van der Waals surface area contributed by atoms with Crippen LogP contribution in [0.5, 0.6) is 0 Å². The van der Waals surface area contributed by atoms with Crippen molar-refractivity contribution in [2.24, 2.45) is 34.3 Å². The molecule has 5 aliphatic rings. The van der Waals surface area contributed by atoms with Crippen LogP contribution in [0, 0.1) is 40.4 Å². The largest absolute Gasteiger partial charge is 0.481 e. The van der Waals surface area contributed by atoms with Gasteiger partial charge in [0.05, 0.1) is 75.9 Å². The smallest absolute Gasteiger partial charge is 0.408 e. The molecule has 2 fully saturated rings. The zero-order valence-electron chi connectivity index (χ0n) is 67.4. The van der Waals surface area contributed by atoms with Crippen LogP contribution in [0.2, 0.25) is 0 Å². The van der Waals surface area contributed by atoms with Gasteiger partial charge in [0.25, 0.3) is 0 Å². The summed E-state index contributed by atoms with van der Waals surface area (Å²) >= 11 is 0. The number of urea groups is 1. The Kier molecular flexibility index (Phi) is 30.8. The third-order valence-corrected chi connectivity index (χ3v) is 23.9. The zero-order chi connectivity index (χ0) is 83.2. The molecule has 28 nitrogen and oxygen atoms in total. The average Bonchev–Trinajstić information content (AvgIpc) is 0.721. The van der Waals surface area contributed by atoms with Gasteiger partial charge in [-0.05, 0) is 187 Å². The summed E-state index contributed by atoms with van der Waals surface area (Å²) in [6, 6.07) is 28.9. The number of primary amides is 1. The van der Waals surface area contributed by atoms with E-state index < -0.39 is 88.4 Å². The number of ether oxygens (including phenoxy) is 5. The number of alkyl carbamates (subject to hydrolysis) is 1. The Morgan fingerprint density at radius 3 is 1.74 bits per heavy atom. The highest BCUT2D eigenvalue weighted by Gasteiger charge is 2.59. The summed E-state index contributed by atoms with van der Waals surface area (Å²) in [4.78, 5) is 149. The molecule has 116 heavy (non-hydrogen) atoms. The number of carbonyl (C=O) groups is 11. The molecule has 0 unspecified atom stereocenters. The van der Waals surface area contributed by atoms with Crippen LogP contribution < -0.4 is 58.9 Å². The lowest BCUT2D eigenvalue weighted by molar-refractivity contribution is -0.150. The molecule has 5 aromatic carbocycles. The molecule has 1 aliphatic heterocycles. The molecule has 4 aliphatic carbocycles. The number of carboxylic acids is 1. The molecule has 10 rings (SSSR count). The summed E-state index contributed by atoms with van der Waals surface area (Å²) in [5, 5.41) is 31.7. The minimum atomic E-state index is -1.33.